The SMILES string of the molecule is COc1cc([Se]c2c(C)[nH]c3ccc(C)cc23)cc(OC)c1OC. The zero-order chi connectivity index (χ0) is 17.3. The van der Waals surface area contributed by atoms with Gasteiger partial charge in [0.1, 0.15) is 0 Å². The molecular formula is C19H21NO3Se. The molecule has 0 aliphatic carbocycles. The van der Waals surface area contributed by atoms with E-state index in [0.717, 1.165) is 0 Å². The van der Waals surface area contributed by atoms with Gasteiger partial charge in [0.25, 0.3) is 0 Å². The van der Waals surface area contributed by atoms with Gasteiger partial charge in [0.05, 0.1) is 0 Å². The zero-order valence-corrected chi connectivity index (χ0v) is 16.2. The van der Waals surface area contributed by atoms with Crippen molar-refractivity contribution >= 4 is 34.8 Å². The summed E-state index contributed by atoms with van der Waals surface area (Å²) in [6, 6.07) is 10.6. The Bertz CT molecular complexity index is 861. The summed E-state index contributed by atoms with van der Waals surface area (Å²) in [6.07, 6.45) is 0. The van der Waals surface area contributed by atoms with Crippen LogP contribution >= 0.6 is 0 Å². The van der Waals surface area contributed by atoms with Gasteiger partial charge in [-0.25, -0.2) is 0 Å². The topological polar surface area (TPSA) is 43.5 Å². The van der Waals surface area contributed by atoms with E-state index in [0.29, 0.717) is 17.2 Å². The monoisotopic (exact) mass is 391 g/mol. The number of methoxy groups -OCH3 is 3. The van der Waals surface area contributed by atoms with E-state index in [1.54, 1.807) is 21.3 Å². The van der Waals surface area contributed by atoms with Gasteiger partial charge in [0, 0.05) is 0 Å². The number of ether oxygens (including phenoxy) is 3. The number of hydrogen-bond donors (Lipinski definition) is 1. The van der Waals surface area contributed by atoms with Gasteiger partial charge >= 0.3 is 148 Å². The molecule has 5 heteroatoms. The van der Waals surface area contributed by atoms with Crippen molar-refractivity contribution in [1.29, 1.82) is 0 Å². The molecule has 0 amide bonds. The summed E-state index contributed by atoms with van der Waals surface area (Å²) in [5.41, 5.74) is 3.66. The first-order chi connectivity index (χ1) is 11.6. The third-order valence-electron chi connectivity index (χ3n) is 3.94. The first kappa shape index (κ1) is 16.7. The van der Waals surface area contributed by atoms with Crippen molar-refractivity contribution in [2.45, 2.75) is 13.8 Å². The molecule has 1 aromatic heterocycles. The molecule has 1 heterocycles. The van der Waals surface area contributed by atoms with Crippen LogP contribution in [-0.4, -0.2) is 41.3 Å². The van der Waals surface area contributed by atoms with Crippen molar-refractivity contribution in [3.63, 3.8) is 0 Å². The van der Waals surface area contributed by atoms with Crippen molar-refractivity contribution in [2.75, 3.05) is 21.3 Å². The quantitative estimate of drug-likeness (QED) is 0.681. The van der Waals surface area contributed by atoms with Crippen LogP contribution in [0.5, 0.6) is 17.2 Å². The Balaban J connectivity index is 2.08. The zero-order valence-electron chi connectivity index (χ0n) is 14.5. The third-order valence-corrected chi connectivity index (χ3v) is 6.46. The Kier molecular flexibility index (Phi) is 4.74. The van der Waals surface area contributed by atoms with Crippen molar-refractivity contribution in [3.8, 4) is 17.2 Å². The first-order valence-corrected chi connectivity index (χ1v) is 9.35. The van der Waals surface area contributed by atoms with Crippen molar-refractivity contribution in [2.24, 2.45) is 0 Å². The molecule has 0 aliphatic heterocycles. The van der Waals surface area contributed by atoms with E-state index >= 15 is 0 Å². The van der Waals surface area contributed by atoms with Gasteiger partial charge in [-0.2, -0.15) is 0 Å². The normalized spacial score (nSPS) is 10.9. The van der Waals surface area contributed by atoms with E-state index in [1.807, 2.05) is 12.1 Å². The average Bonchev–Trinajstić information content (AvgIpc) is 2.89. The maximum atomic E-state index is 5.47. The number of hydrogen-bond acceptors (Lipinski definition) is 3. The molecule has 0 saturated carbocycles. The second-order valence-corrected chi connectivity index (χ2v) is 7.87. The van der Waals surface area contributed by atoms with E-state index in [4.69, 9.17) is 14.2 Å². The van der Waals surface area contributed by atoms with Gasteiger partial charge in [-0.15, -0.1) is 0 Å². The summed E-state index contributed by atoms with van der Waals surface area (Å²) in [6.45, 7) is 4.25. The number of benzene rings is 2. The maximum absolute atomic E-state index is 5.47. The Labute approximate surface area is 148 Å². The molecule has 1 N–H and O–H groups in total. The summed E-state index contributed by atoms with van der Waals surface area (Å²) in [5.74, 6) is 2.02. The molecule has 0 bridgehead atoms. The van der Waals surface area contributed by atoms with Gasteiger partial charge in [-0.3, -0.25) is 0 Å². The minimum absolute atomic E-state index is 0.128. The van der Waals surface area contributed by atoms with Crippen LogP contribution in [0.15, 0.2) is 30.3 Å². The molecule has 0 spiro atoms. The fraction of sp³-hybridized carbons (Fsp3) is 0.263. The van der Waals surface area contributed by atoms with E-state index in [1.165, 1.54) is 31.1 Å². The van der Waals surface area contributed by atoms with E-state index in [2.05, 4.69) is 37.0 Å². The number of rotatable bonds is 5. The van der Waals surface area contributed by atoms with Crippen LogP contribution in [0.2, 0.25) is 0 Å². The van der Waals surface area contributed by atoms with Crippen molar-refractivity contribution < 1.29 is 14.2 Å². The average molecular weight is 390 g/mol. The number of aromatic nitrogens is 1. The van der Waals surface area contributed by atoms with Crippen molar-refractivity contribution in [3.05, 3.63) is 41.6 Å². The Morgan fingerprint density at radius 2 is 1.54 bits per heavy atom. The van der Waals surface area contributed by atoms with Crippen LogP contribution in [0.1, 0.15) is 11.3 Å². The minimum atomic E-state index is 0.128. The molecule has 0 radical (unpaired) electrons. The Morgan fingerprint density at radius 1 is 0.875 bits per heavy atom. The number of H-pyrrole nitrogens is 1. The van der Waals surface area contributed by atoms with Crippen LogP contribution in [0.25, 0.3) is 10.9 Å². The third kappa shape index (κ3) is 2.97. The summed E-state index contributed by atoms with van der Waals surface area (Å²) < 4.78 is 18.9. The van der Waals surface area contributed by atoms with Crippen LogP contribution in [0.3, 0.4) is 0 Å². The number of aromatic amines is 1. The van der Waals surface area contributed by atoms with E-state index in [-0.39, 0.29) is 15.0 Å². The molecule has 24 heavy (non-hydrogen) atoms. The van der Waals surface area contributed by atoms with Gasteiger partial charge in [-0.1, -0.05) is 0 Å². The molecule has 0 aliphatic rings. The van der Waals surface area contributed by atoms with Crippen LogP contribution in [0.4, 0.5) is 0 Å². The second-order valence-electron chi connectivity index (χ2n) is 5.59. The van der Waals surface area contributed by atoms with Crippen molar-refractivity contribution in [1.82, 2.24) is 4.98 Å². The fourth-order valence-electron chi connectivity index (χ4n) is 2.78. The number of fused-ring (bicyclic) bond motifs is 1. The van der Waals surface area contributed by atoms with Crippen LogP contribution in [-0.2, 0) is 0 Å². The summed E-state index contributed by atoms with van der Waals surface area (Å²) in [4.78, 5) is 3.48. The summed E-state index contributed by atoms with van der Waals surface area (Å²) in [7, 11) is 4.92. The van der Waals surface area contributed by atoms with Gasteiger partial charge in [0.2, 0.25) is 0 Å². The molecule has 0 atom stereocenters. The molecular weight excluding hydrogens is 369 g/mol. The van der Waals surface area contributed by atoms with Crippen LogP contribution in [0, 0.1) is 13.8 Å². The predicted molar refractivity (Wildman–Crippen MR) is 98.9 cm³/mol. The molecule has 2 aromatic carbocycles. The molecule has 0 fully saturated rings. The molecule has 3 rings (SSSR count). The predicted octanol–water partition coefficient (Wildman–Crippen LogP) is 2.47. The molecule has 126 valence electrons. The van der Waals surface area contributed by atoms with Crippen LogP contribution < -0.4 is 23.1 Å². The Morgan fingerprint density at radius 3 is 2.12 bits per heavy atom. The van der Waals surface area contributed by atoms with Gasteiger partial charge in [-0.05, 0) is 0 Å². The van der Waals surface area contributed by atoms with E-state index in [9.17, 15) is 0 Å². The second kappa shape index (κ2) is 6.79. The first-order valence-electron chi connectivity index (χ1n) is 7.64. The number of aryl methyl sites for hydroxylation is 2. The molecule has 4 nitrogen and oxygen atoms in total. The summed E-state index contributed by atoms with van der Waals surface area (Å²) >= 11 is 0.128. The van der Waals surface area contributed by atoms with Gasteiger partial charge in [0.15, 0.2) is 0 Å². The molecule has 0 saturated heterocycles. The van der Waals surface area contributed by atoms with E-state index < -0.39 is 0 Å². The fourth-order valence-corrected chi connectivity index (χ4v) is 4.99. The number of nitrogens with one attached hydrogen (secondary N) is 1. The standard InChI is InChI=1S/C19H21NO3Se/c1-11-6-7-15-14(8-11)19(12(2)20-15)24-13-9-16(21-3)18(23-5)17(10-13)22-4/h6-10,20H,1-5H3. The molecule has 0 unspecified atom stereocenters. The van der Waals surface area contributed by atoms with Gasteiger partial charge < -0.3 is 0 Å². The molecule has 3 aromatic rings. The summed E-state index contributed by atoms with van der Waals surface area (Å²) in [5, 5.41) is 1.29. The Hall–Kier alpha value is -2.10.